The van der Waals surface area contributed by atoms with E-state index >= 15 is 0 Å². The first-order valence-corrected chi connectivity index (χ1v) is 15.5. The number of aromatic nitrogens is 1. The molecule has 0 unspecified atom stereocenters. The molecule has 0 aliphatic rings. The van der Waals surface area contributed by atoms with Crippen molar-refractivity contribution in [1.29, 1.82) is 0 Å². The normalized spacial score (nSPS) is 11.0. The number of halogens is 2. The molecule has 0 saturated carbocycles. The van der Waals surface area contributed by atoms with Crippen molar-refractivity contribution >= 4 is 57.5 Å². The minimum atomic E-state index is -0.335. The molecule has 0 fully saturated rings. The number of carbonyl (C=O) groups excluding carboxylic acids is 1. The molecule has 0 atom stereocenters. The molecule has 1 aromatic heterocycles. The van der Waals surface area contributed by atoms with Crippen molar-refractivity contribution in [2.24, 2.45) is 5.10 Å². The van der Waals surface area contributed by atoms with E-state index in [-0.39, 0.29) is 5.91 Å². The second-order valence-electron chi connectivity index (χ2n) is 9.60. The SMILES string of the molecule is CCCCCCCCOc1c(Cl)cc(/C=N\NC(=O)c2ccc(-c3csc(Nc4ccc(Cl)cc4)n3)cc2)cc1OC. The van der Waals surface area contributed by atoms with E-state index in [1.54, 1.807) is 31.4 Å². The van der Waals surface area contributed by atoms with Crippen LogP contribution in [0.1, 0.15) is 61.4 Å². The molecule has 7 nitrogen and oxygen atoms in total. The van der Waals surface area contributed by atoms with Crippen molar-refractivity contribution in [2.45, 2.75) is 45.4 Å². The average Bonchev–Trinajstić information content (AvgIpc) is 3.47. The number of amides is 1. The zero-order valence-corrected chi connectivity index (χ0v) is 26.0. The molecule has 0 saturated heterocycles. The van der Waals surface area contributed by atoms with E-state index in [2.05, 4.69) is 27.8 Å². The molecule has 10 heteroatoms. The summed E-state index contributed by atoms with van der Waals surface area (Å²) >= 11 is 13.9. The number of unbranched alkanes of at least 4 members (excludes halogenated alkanes) is 5. The van der Waals surface area contributed by atoms with E-state index in [0.717, 1.165) is 34.9 Å². The zero-order valence-electron chi connectivity index (χ0n) is 23.7. The van der Waals surface area contributed by atoms with Gasteiger partial charge in [-0.2, -0.15) is 5.10 Å². The van der Waals surface area contributed by atoms with Crippen LogP contribution in [-0.4, -0.2) is 30.8 Å². The smallest absolute Gasteiger partial charge is 0.271 e. The van der Waals surface area contributed by atoms with Crippen LogP contribution in [0.3, 0.4) is 0 Å². The van der Waals surface area contributed by atoms with Gasteiger partial charge in [0.1, 0.15) is 0 Å². The van der Waals surface area contributed by atoms with Gasteiger partial charge >= 0.3 is 0 Å². The number of nitrogens with zero attached hydrogens (tertiary/aromatic N) is 2. The van der Waals surface area contributed by atoms with Crippen molar-refractivity contribution in [3.8, 4) is 22.8 Å². The summed E-state index contributed by atoms with van der Waals surface area (Å²) in [5.74, 6) is 0.700. The summed E-state index contributed by atoms with van der Waals surface area (Å²) < 4.78 is 11.4. The lowest BCUT2D eigenvalue weighted by Crippen LogP contribution is -2.17. The predicted molar refractivity (Wildman–Crippen MR) is 174 cm³/mol. The van der Waals surface area contributed by atoms with Crippen LogP contribution < -0.4 is 20.2 Å². The van der Waals surface area contributed by atoms with Crippen molar-refractivity contribution in [2.75, 3.05) is 19.0 Å². The molecular weight excluding hydrogens is 591 g/mol. The van der Waals surface area contributed by atoms with Gasteiger partial charge in [-0.05, 0) is 60.5 Å². The molecular formula is C32H34Cl2N4O3S. The Bertz CT molecular complexity index is 1470. The van der Waals surface area contributed by atoms with Crippen molar-refractivity contribution < 1.29 is 14.3 Å². The Morgan fingerprint density at radius 1 is 1.00 bits per heavy atom. The fourth-order valence-corrected chi connectivity index (χ4v) is 5.29. The van der Waals surface area contributed by atoms with Gasteiger partial charge in [0, 0.05) is 27.2 Å². The summed E-state index contributed by atoms with van der Waals surface area (Å²) in [5, 5.41) is 11.2. The summed E-state index contributed by atoms with van der Waals surface area (Å²) in [6, 6.07) is 18.1. The van der Waals surface area contributed by atoms with Gasteiger partial charge in [0.05, 0.1) is 30.6 Å². The van der Waals surface area contributed by atoms with Gasteiger partial charge in [0.25, 0.3) is 5.91 Å². The van der Waals surface area contributed by atoms with Crippen LogP contribution in [0.4, 0.5) is 10.8 Å². The van der Waals surface area contributed by atoms with Crippen LogP contribution in [0, 0.1) is 0 Å². The Labute approximate surface area is 260 Å². The molecule has 0 radical (unpaired) electrons. The van der Waals surface area contributed by atoms with E-state index in [4.69, 9.17) is 32.7 Å². The van der Waals surface area contributed by atoms with Crippen LogP contribution in [-0.2, 0) is 0 Å². The first-order chi connectivity index (χ1) is 20.5. The third-order valence-electron chi connectivity index (χ3n) is 6.42. The molecule has 0 spiro atoms. The van der Waals surface area contributed by atoms with Crippen LogP contribution in [0.15, 0.2) is 71.1 Å². The van der Waals surface area contributed by atoms with Crippen molar-refractivity contribution in [3.05, 3.63) is 87.2 Å². The van der Waals surface area contributed by atoms with Crippen LogP contribution in [0.5, 0.6) is 11.5 Å². The Hall–Kier alpha value is -3.59. The molecule has 42 heavy (non-hydrogen) atoms. The van der Waals surface area contributed by atoms with Gasteiger partial charge in [-0.1, -0.05) is 74.4 Å². The lowest BCUT2D eigenvalue weighted by molar-refractivity contribution is 0.0955. The third kappa shape index (κ3) is 9.21. The van der Waals surface area contributed by atoms with Crippen LogP contribution in [0.2, 0.25) is 10.0 Å². The average molecular weight is 626 g/mol. The second kappa shape index (κ2) is 16.2. The highest BCUT2D eigenvalue weighted by Crippen LogP contribution is 2.36. The predicted octanol–water partition coefficient (Wildman–Crippen LogP) is 9.37. The molecule has 1 heterocycles. The summed E-state index contributed by atoms with van der Waals surface area (Å²) in [6.45, 7) is 2.79. The molecule has 2 N–H and O–H groups in total. The molecule has 3 aromatic carbocycles. The summed E-state index contributed by atoms with van der Waals surface area (Å²) in [7, 11) is 1.57. The number of nitrogens with one attached hydrogen (secondary N) is 2. The molecule has 1 amide bonds. The van der Waals surface area contributed by atoms with E-state index < -0.39 is 0 Å². The fraction of sp³-hybridized carbons (Fsp3) is 0.281. The highest BCUT2D eigenvalue weighted by Gasteiger charge is 2.12. The molecule has 4 aromatic rings. The first-order valence-electron chi connectivity index (χ1n) is 13.9. The number of methoxy groups -OCH3 is 1. The monoisotopic (exact) mass is 624 g/mol. The Morgan fingerprint density at radius 3 is 2.48 bits per heavy atom. The molecule has 0 bridgehead atoms. The summed E-state index contributed by atoms with van der Waals surface area (Å²) in [4.78, 5) is 17.3. The Kier molecular flexibility index (Phi) is 12.1. The number of carbonyl (C=O) groups is 1. The van der Waals surface area contributed by atoms with Crippen LogP contribution in [0.25, 0.3) is 11.3 Å². The number of ether oxygens (including phenoxy) is 2. The fourth-order valence-electron chi connectivity index (χ4n) is 4.15. The van der Waals surface area contributed by atoms with E-state index in [1.165, 1.54) is 43.2 Å². The largest absolute Gasteiger partial charge is 0.493 e. The maximum atomic E-state index is 12.7. The zero-order chi connectivity index (χ0) is 29.7. The number of thiazole rings is 1. The number of benzene rings is 3. The molecule has 0 aliphatic heterocycles. The number of rotatable bonds is 15. The second-order valence-corrected chi connectivity index (χ2v) is 11.3. The molecule has 0 aliphatic carbocycles. The summed E-state index contributed by atoms with van der Waals surface area (Å²) in [6.07, 6.45) is 8.58. The van der Waals surface area contributed by atoms with Gasteiger partial charge in [0.2, 0.25) is 0 Å². The standard InChI is InChI=1S/C32H34Cl2N4O3S/c1-3-4-5-6-7-8-17-41-30-27(34)18-22(19-29(30)40-2)20-35-38-31(39)24-11-9-23(10-12-24)28-21-42-32(37-28)36-26-15-13-25(33)14-16-26/h9-16,18-21H,3-8,17H2,1-2H3,(H,36,37)(H,38,39)/b35-20-. The first kappa shape index (κ1) is 31.3. The van der Waals surface area contributed by atoms with Crippen molar-refractivity contribution in [3.63, 3.8) is 0 Å². The Morgan fingerprint density at radius 2 is 1.74 bits per heavy atom. The highest BCUT2D eigenvalue weighted by molar-refractivity contribution is 7.14. The number of anilines is 2. The van der Waals surface area contributed by atoms with Gasteiger partial charge in [0.15, 0.2) is 16.6 Å². The lowest BCUT2D eigenvalue weighted by atomic mass is 10.1. The van der Waals surface area contributed by atoms with Gasteiger partial charge in [-0.25, -0.2) is 10.4 Å². The quantitative estimate of drug-likeness (QED) is 0.0781. The van der Waals surface area contributed by atoms with Gasteiger partial charge in [-0.3, -0.25) is 4.79 Å². The number of hydrogen-bond acceptors (Lipinski definition) is 7. The molecule has 220 valence electrons. The lowest BCUT2D eigenvalue weighted by Gasteiger charge is -2.13. The number of hydrazone groups is 1. The highest BCUT2D eigenvalue weighted by atomic mass is 35.5. The minimum absolute atomic E-state index is 0.335. The minimum Gasteiger partial charge on any atom is -0.493 e. The topological polar surface area (TPSA) is 84.8 Å². The van der Waals surface area contributed by atoms with Crippen molar-refractivity contribution in [1.82, 2.24) is 10.4 Å². The van der Waals surface area contributed by atoms with E-state index in [1.807, 2.05) is 41.8 Å². The molecule has 4 rings (SSSR count). The van der Waals surface area contributed by atoms with E-state index in [0.29, 0.717) is 39.3 Å². The Balaban J connectivity index is 1.29. The van der Waals surface area contributed by atoms with Gasteiger partial charge in [-0.15, -0.1) is 11.3 Å². The third-order valence-corrected chi connectivity index (χ3v) is 7.71. The van der Waals surface area contributed by atoms with E-state index in [9.17, 15) is 4.79 Å². The summed E-state index contributed by atoms with van der Waals surface area (Å²) in [5.41, 5.74) is 6.32. The maximum absolute atomic E-state index is 12.7. The maximum Gasteiger partial charge on any atom is 0.271 e. The van der Waals surface area contributed by atoms with Crippen LogP contribution >= 0.6 is 34.5 Å². The van der Waals surface area contributed by atoms with Gasteiger partial charge < -0.3 is 14.8 Å². The number of hydrogen-bond donors (Lipinski definition) is 2.